The Kier molecular flexibility index (Phi) is 6.53. The number of ether oxygens (including phenoxy) is 2. The second kappa shape index (κ2) is 9.71. The molecule has 0 saturated carbocycles. The van der Waals surface area contributed by atoms with E-state index in [2.05, 4.69) is 20.8 Å². The van der Waals surface area contributed by atoms with Crippen LogP contribution in [0, 0.1) is 6.92 Å². The van der Waals surface area contributed by atoms with Gasteiger partial charge in [-0.1, -0.05) is 41.6 Å². The first-order valence-corrected chi connectivity index (χ1v) is 12.4. The van der Waals surface area contributed by atoms with Crippen molar-refractivity contribution in [3.63, 3.8) is 0 Å². The van der Waals surface area contributed by atoms with Crippen molar-refractivity contribution < 1.29 is 9.47 Å². The molecule has 1 unspecified atom stereocenters. The molecule has 0 spiro atoms. The van der Waals surface area contributed by atoms with Crippen LogP contribution in [0.1, 0.15) is 24.1 Å². The zero-order valence-electron chi connectivity index (χ0n) is 18.6. The van der Waals surface area contributed by atoms with Crippen molar-refractivity contribution >= 4 is 34.3 Å². The van der Waals surface area contributed by atoms with E-state index in [4.69, 9.17) is 26.1 Å². The molecule has 2 aromatic heterocycles. The number of aromatic nitrogens is 4. The fourth-order valence-corrected chi connectivity index (χ4v) is 5.33. The van der Waals surface area contributed by atoms with E-state index in [0.29, 0.717) is 17.3 Å². The van der Waals surface area contributed by atoms with Crippen molar-refractivity contribution in [2.75, 3.05) is 13.7 Å². The predicted octanol–water partition coefficient (Wildman–Crippen LogP) is 5.94. The SMILES string of the molecule is COc1ccc(-c2nnc(SCc3nc4ccccc4c(C)c3Cl)n2CC2CCCO2)cc1. The molecule has 1 saturated heterocycles. The molecule has 5 rings (SSSR count). The fourth-order valence-electron chi connectivity index (χ4n) is 4.15. The van der Waals surface area contributed by atoms with Gasteiger partial charge in [-0.2, -0.15) is 0 Å². The molecule has 4 aromatic rings. The van der Waals surface area contributed by atoms with Crippen LogP contribution >= 0.6 is 23.4 Å². The number of methoxy groups -OCH3 is 1. The maximum Gasteiger partial charge on any atom is 0.191 e. The van der Waals surface area contributed by atoms with Crippen LogP contribution in [0.25, 0.3) is 22.3 Å². The summed E-state index contributed by atoms with van der Waals surface area (Å²) in [5.41, 5.74) is 3.86. The standard InChI is InChI=1S/C25H25ClN4O2S/c1-16-20-7-3-4-8-21(20)27-22(23(16)26)15-33-25-29-28-24(17-9-11-18(31-2)12-10-17)30(25)14-19-6-5-13-32-19/h3-4,7-12,19H,5-6,13-15H2,1-2H3. The highest BCUT2D eigenvalue weighted by molar-refractivity contribution is 7.98. The Labute approximate surface area is 202 Å². The van der Waals surface area contributed by atoms with Gasteiger partial charge in [0.25, 0.3) is 0 Å². The number of aryl methyl sites for hydroxylation is 1. The van der Waals surface area contributed by atoms with Gasteiger partial charge in [0.2, 0.25) is 0 Å². The number of hydrogen-bond acceptors (Lipinski definition) is 6. The Morgan fingerprint density at radius 3 is 2.73 bits per heavy atom. The van der Waals surface area contributed by atoms with E-state index < -0.39 is 0 Å². The molecule has 0 aliphatic carbocycles. The molecule has 8 heteroatoms. The summed E-state index contributed by atoms with van der Waals surface area (Å²) in [6.07, 6.45) is 2.30. The normalized spacial score (nSPS) is 15.9. The molecule has 0 bridgehead atoms. The van der Waals surface area contributed by atoms with Crippen molar-refractivity contribution in [2.45, 2.75) is 43.3 Å². The zero-order valence-corrected chi connectivity index (χ0v) is 20.2. The van der Waals surface area contributed by atoms with Gasteiger partial charge in [-0.3, -0.25) is 9.55 Å². The number of benzene rings is 2. The number of pyridine rings is 1. The molecular formula is C25H25ClN4O2S. The van der Waals surface area contributed by atoms with Gasteiger partial charge in [0.15, 0.2) is 11.0 Å². The predicted molar refractivity (Wildman–Crippen MR) is 132 cm³/mol. The van der Waals surface area contributed by atoms with E-state index in [1.807, 2.05) is 49.4 Å². The first-order chi connectivity index (χ1) is 16.1. The van der Waals surface area contributed by atoms with Gasteiger partial charge in [-0.05, 0) is 55.7 Å². The van der Waals surface area contributed by atoms with Crippen molar-refractivity contribution in [1.82, 2.24) is 19.7 Å². The number of halogens is 1. The molecule has 170 valence electrons. The topological polar surface area (TPSA) is 62.1 Å². The minimum atomic E-state index is 0.168. The minimum absolute atomic E-state index is 0.168. The highest BCUT2D eigenvalue weighted by Crippen LogP contribution is 2.33. The van der Waals surface area contributed by atoms with E-state index >= 15 is 0 Å². The molecule has 1 fully saturated rings. The van der Waals surface area contributed by atoms with Gasteiger partial charge in [-0.25, -0.2) is 0 Å². The van der Waals surface area contributed by atoms with Crippen LogP contribution in [0.3, 0.4) is 0 Å². The lowest BCUT2D eigenvalue weighted by molar-refractivity contribution is 0.0953. The Morgan fingerprint density at radius 2 is 1.97 bits per heavy atom. The number of rotatable bonds is 7. The van der Waals surface area contributed by atoms with Crippen molar-refractivity contribution in [3.05, 3.63) is 64.8 Å². The summed E-state index contributed by atoms with van der Waals surface area (Å²) in [5.74, 6) is 2.24. The molecule has 3 heterocycles. The smallest absolute Gasteiger partial charge is 0.191 e. The van der Waals surface area contributed by atoms with Crippen molar-refractivity contribution in [3.8, 4) is 17.1 Å². The molecular weight excluding hydrogens is 456 g/mol. The van der Waals surface area contributed by atoms with E-state index in [0.717, 1.165) is 63.9 Å². The average molecular weight is 481 g/mol. The largest absolute Gasteiger partial charge is 0.497 e. The summed E-state index contributed by atoms with van der Waals surface area (Å²) >= 11 is 8.30. The van der Waals surface area contributed by atoms with Gasteiger partial charge in [0.05, 0.1) is 36.0 Å². The molecule has 0 amide bonds. The molecule has 6 nitrogen and oxygen atoms in total. The first-order valence-electron chi connectivity index (χ1n) is 11.0. The second-order valence-electron chi connectivity index (χ2n) is 8.08. The van der Waals surface area contributed by atoms with E-state index in [1.165, 1.54) is 0 Å². The lowest BCUT2D eigenvalue weighted by Gasteiger charge is -2.15. The Hall–Kier alpha value is -2.61. The maximum absolute atomic E-state index is 6.69. The molecule has 0 N–H and O–H groups in total. The molecule has 0 radical (unpaired) electrons. The first kappa shape index (κ1) is 22.2. The molecule has 1 atom stereocenters. The van der Waals surface area contributed by atoms with Crippen molar-refractivity contribution in [1.29, 1.82) is 0 Å². The van der Waals surface area contributed by atoms with Crippen LogP contribution in [-0.2, 0) is 17.0 Å². The third-order valence-electron chi connectivity index (χ3n) is 5.96. The summed E-state index contributed by atoms with van der Waals surface area (Å²) in [4.78, 5) is 4.82. The van der Waals surface area contributed by atoms with Gasteiger partial charge in [-0.15, -0.1) is 10.2 Å². The minimum Gasteiger partial charge on any atom is -0.497 e. The maximum atomic E-state index is 6.69. The van der Waals surface area contributed by atoms with E-state index in [-0.39, 0.29) is 6.10 Å². The number of fused-ring (bicyclic) bond motifs is 1. The number of hydrogen-bond donors (Lipinski definition) is 0. The Bertz CT molecular complexity index is 1270. The van der Waals surface area contributed by atoms with E-state index in [9.17, 15) is 0 Å². The van der Waals surface area contributed by atoms with Crippen LogP contribution in [0.15, 0.2) is 53.7 Å². The van der Waals surface area contributed by atoms with Gasteiger partial charge in [0, 0.05) is 23.3 Å². The van der Waals surface area contributed by atoms with Crippen LogP contribution < -0.4 is 4.74 Å². The molecule has 1 aliphatic rings. The lowest BCUT2D eigenvalue weighted by Crippen LogP contribution is -2.16. The highest BCUT2D eigenvalue weighted by Gasteiger charge is 2.22. The summed E-state index contributed by atoms with van der Waals surface area (Å²) in [5, 5.41) is 11.7. The second-order valence-corrected chi connectivity index (χ2v) is 9.40. The quantitative estimate of drug-likeness (QED) is 0.305. The molecule has 1 aliphatic heterocycles. The van der Waals surface area contributed by atoms with Gasteiger partial charge >= 0.3 is 0 Å². The Morgan fingerprint density at radius 1 is 1.15 bits per heavy atom. The molecule has 33 heavy (non-hydrogen) atoms. The van der Waals surface area contributed by atoms with Crippen LogP contribution in [0.4, 0.5) is 0 Å². The summed E-state index contributed by atoms with van der Waals surface area (Å²) < 4.78 is 13.4. The number of thioether (sulfide) groups is 1. The summed E-state index contributed by atoms with van der Waals surface area (Å²) in [6, 6.07) is 16.0. The number of nitrogens with zero attached hydrogens (tertiary/aromatic N) is 4. The lowest BCUT2D eigenvalue weighted by atomic mass is 10.1. The number of para-hydroxylation sites is 1. The fraction of sp³-hybridized carbons (Fsp3) is 0.320. The Balaban J connectivity index is 1.45. The third kappa shape index (κ3) is 4.58. The van der Waals surface area contributed by atoms with Gasteiger partial charge < -0.3 is 9.47 Å². The summed E-state index contributed by atoms with van der Waals surface area (Å²) in [7, 11) is 1.66. The van der Waals surface area contributed by atoms with E-state index in [1.54, 1.807) is 18.9 Å². The zero-order chi connectivity index (χ0) is 22.8. The highest BCUT2D eigenvalue weighted by atomic mass is 35.5. The van der Waals surface area contributed by atoms with Crippen LogP contribution in [0.5, 0.6) is 5.75 Å². The van der Waals surface area contributed by atoms with Crippen molar-refractivity contribution in [2.24, 2.45) is 0 Å². The average Bonchev–Trinajstić information content (AvgIpc) is 3.51. The third-order valence-corrected chi connectivity index (χ3v) is 7.44. The van der Waals surface area contributed by atoms with Crippen LogP contribution in [-0.4, -0.2) is 39.6 Å². The molecule has 2 aromatic carbocycles. The summed E-state index contributed by atoms with van der Waals surface area (Å²) in [6.45, 7) is 3.57. The monoisotopic (exact) mass is 480 g/mol. The van der Waals surface area contributed by atoms with Crippen LogP contribution in [0.2, 0.25) is 5.02 Å². The van der Waals surface area contributed by atoms with Gasteiger partial charge in [0.1, 0.15) is 5.75 Å².